The van der Waals surface area contributed by atoms with Gasteiger partial charge < -0.3 is 9.47 Å². The first-order valence-corrected chi connectivity index (χ1v) is 12.4. The summed E-state index contributed by atoms with van der Waals surface area (Å²) in [7, 11) is -3.55. The van der Waals surface area contributed by atoms with Gasteiger partial charge in [0, 0.05) is 36.2 Å². The van der Waals surface area contributed by atoms with Gasteiger partial charge in [0.1, 0.15) is 0 Å². The Labute approximate surface area is 189 Å². The maximum absolute atomic E-state index is 13.3. The number of amides is 1. The van der Waals surface area contributed by atoms with E-state index in [0.717, 1.165) is 17.1 Å². The number of hydrogen-bond donors (Lipinski definition) is 1. The lowest BCUT2D eigenvalue weighted by atomic mass is 10.0. The summed E-state index contributed by atoms with van der Waals surface area (Å²) < 4.78 is 30.1. The van der Waals surface area contributed by atoms with Crippen LogP contribution >= 0.6 is 0 Å². The summed E-state index contributed by atoms with van der Waals surface area (Å²) in [6.45, 7) is 7.09. The molecule has 32 heavy (non-hydrogen) atoms. The molecule has 0 spiro atoms. The van der Waals surface area contributed by atoms with E-state index in [1.165, 1.54) is 5.56 Å². The van der Waals surface area contributed by atoms with Crippen molar-refractivity contribution in [2.45, 2.75) is 44.6 Å². The summed E-state index contributed by atoms with van der Waals surface area (Å²) >= 11 is 0. The molecule has 1 aromatic heterocycles. The number of likely N-dealkylation sites (tertiary alicyclic amines) is 1. The Hall–Kier alpha value is -2.90. The lowest BCUT2D eigenvalue weighted by Crippen LogP contribution is -2.46. The Morgan fingerprint density at radius 1 is 0.938 bits per heavy atom. The largest absolute Gasteiger partial charge is 0.338 e. The third kappa shape index (κ3) is 4.49. The van der Waals surface area contributed by atoms with Crippen LogP contribution in [-0.4, -0.2) is 42.9 Å². The van der Waals surface area contributed by atoms with E-state index >= 15 is 0 Å². The molecule has 0 radical (unpaired) electrons. The number of rotatable bonds is 5. The van der Waals surface area contributed by atoms with Crippen molar-refractivity contribution in [1.82, 2.24) is 14.2 Å². The van der Waals surface area contributed by atoms with Crippen LogP contribution < -0.4 is 4.72 Å². The normalized spacial score (nSPS) is 15.2. The maximum Gasteiger partial charge on any atom is 0.255 e. The van der Waals surface area contributed by atoms with E-state index in [0.29, 0.717) is 31.5 Å². The maximum atomic E-state index is 13.3. The Morgan fingerprint density at radius 3 is 2.28 bits per heavy atom. The summed E-state index contributed by atoms with van der Waals surface area (Å²) in [5.41, 5.74) is 4.86. The van der Waals surface area contributed by atoms with Crippen LogP contribution in [0.1, 0.15) is 40.2 Å². The van der Waals surface area contributed by atoms with Crippen LogP contribution in [0, 0.1) is 20.8 Å². The second kappa shape index (κ2) is 8.92. The lowest BCUT2D eigenvalue weighted by Gasteiger charge is -2.32. The average Bonchev–Trinajstić information content (AvgIpc) is 3.08. The van der Waals surface area contributed by atoms with Crippen molar-refractivity contribution in [3.63, 3.8) is 0 Å². The predicted molar refractivity (Wildman–Crippen MR) is 126 cm³/mol. The van der Waals surface area contributed by atoms with E-state index in [4.69, 9.17) is 0 Å². The van der Waals surface area contributed by atoms with Gasteiger partial charge in [-0.2, -0.15) is 0 Å². The molecule has 1 amide bonds. The second-order valence-electron chi connectivity index (χ2n) is 8.46. The molecule has 0 unspecified atom stereocenters. The number of carbonyl (C=O) groups is 1. The molecule has 0 saturated carbocycles. The number of piperidine rings is 1. The number of nitrogens with zero attached hydrogens (tertiary/aromatic N) is 2. The molecule has 7 heteroatoms. The van der Waals surface area contributed by atoms with Crippen molar-refractivity contribution in [3.8, 4) is 5.69 Å². The Kier molecular flexibility index (Phi) is 6.22. The van der Waals surface area contributed by atoms with Crippen molar-refractivity contribution in [2.75, 3.05) is 13.1 Å². The molecule has 2 aromatic carbocycles. The molecule has 0 bridgehead atoms. The molecule has 1 N–H and O–H groups in total. The highest BCUT2D eigenvalue weighted by molar-refractivity contribution is 7.89. The highest BCUT2D eigenvalue weighted by atomic mass is 32.2. The van der Waals surface area contributed by atoms with Crippen LogP contribution in [0.2, 0.25) is 0 Å². The fraction of sp³-hybridized carbons (Fsp3) is 0.320. The third-order valence-corrected chi connectivity index (χ3v) is 7.62. The first-order chi connectivity index (χ1) is 15.3. The molecule has 0 atom stereocenters. The number of sulfonamides is 1. The van der Waals surface area contributed by atoms with Gasteiger partial charge in [-0.05, 0) is 69.5 Å². The summed E-state index contributed by atoms with van der Waals surface area (Å²) in [4.78, 5) is 15.4. The van der Waals surface area contributed by atoms with Crippen molar-refractivity contribution < 1.29 is 13.2 Å². The monoisotopic (exact) mass is 451 g/mol. The second-order valence-corrected chi connectivity index (χ2v) is 10.2. The molecule has 2 heterocycles. The van der Waals surface area contributed by atoms with E-state index in [-0.39, 0.29) is 16.8 Å². The van der Waals surface area contributed by atoms with Gasteiger partial charge >= 0.3 is 0 Å². The molecule has 0 aliphatic carbocycles. The zero-order valence-electron chi connectivity index (χ0n) is 18.7. The number of aromatic nitrogens is 1. The van der Waals surface area contributed by atoms with Gasteiger partial charge in [-0.1, -0.05) is 30.3 Å². The van der Waals surface area contributed by atoms with Gasteiger partial charge in [-0.15, -0.1) is 0 Å². The highest BCUT2D eigenvalue weighted by Crippen LogP contribution is 2.24. The van der Waals surface area contributed by atoms with Crippen LogP contribution in [0.4, 0.5) is 0 Å². The molecule has 6 nitrogen and oxygen atoms in total. The quantitative estimate of drug-likeness (QED) is 0.638. The Bertz CT molecular complexity index is 1220. The van der Waals surface area contributed by atoms with E-state index < -0.39 is 10.0 Å². The molecule has 1 aliphatic rings. The lowest BCUT2D eigenvalue weighted by molar-refractivity contribution is 0.0710. The summed E-state index contributed by atoms with van der Waals surface area (Å²) in [5, 5.41) is 0. The topological polar surface area (TPSA) is 71.4 Å². The van der Waals surface area contributed by atoms with Crippen LogP contribution in [0.3, 0.4) is 0 Å². The van der Waals surface area contributed by atoms with Crippen LogP contribution in [-0.2, 0) is 10.0 Å². The first-order valence-electron chi connectivity index (χ1n) is 10.9. The van der Waals surface area contributed by atoms with E-state index in [1.54, 1.807) is 30.3 Å². The van der Waals surface area contributed by atoms with Gasteiger partial charge in [0.15, 0.2) is 0 Å². The first kappa shape index (κ1) is 22.3. The minimum Gasteiger partial charge on any atom is -0.338 e. The van der Waals surface area contributed by atoms with Gasteiger partial charge in [-0.3, -0.25) is 4.79 Å². The minimum atomic E-state index is -3.55. The minimum absolute atomic E-state index is 0.00127. The molecule has 1 fully saturated rings. The summed E-state index contributed by atoms with van der Waals surface area (Å²) in [5.74, 6) is 0.00127. The number of carbonyl (C=O) groups excluding carboxylic acids is 1. The van der Waals surface area contributed by atoms with E-state index in [1.807, 2.05) is 36.9 Å². The zero-order valence-corrected chi connectivity index (χ0v) is 19.5. The molecule has 168 valence electrons. The molecular weight excluding hydrogens is 422 g/mol. The number of hydrogen-bond acceptors (Lipinski definition) is 3. The van der Waals surface area contributed by atoms with Crippen molar-refractivity contribution in [1.29, 1.82) is 0 Å². The zero-order chi connectivity index (χ0) is 22.9. The SMILES string of the molecule is Cc1cccc(-n2c(C)cc(C(=O)N3CCC(NS(=O)(=O)c4ccccc4)CC3)c2C)c1. The van der Waals surface area contributed by atoms with Crippen LogP contribution in [0.25, 0.3) is 5.69 Å². The Morgan fingerprint density at radius 2 is 1.62 bits per heavy atom. The molecule has 3 aromatic rings. The summed E-state index contributed by atoms with van der Waals surface area (Å²) in [6, 6.07) is 18.4. The molecular formula is C25H29N3O3S. The fourth-order valence-corrected chi connectivity index (χ4v) is 5.73. The average molecular weight is 452 g/mol. The van der Waals surface area contributed by atoms with Gasteiger partial charge in [0.05, 0.1) is 10.5 Å². The molecule has 1 saturated heterocycles. The highest BCUT2D eigenvalue weighted by Gasteiger charge is 2.28. The van der Waals surface area contributed by atoms with Crippen molar-refractivity contribution in [2.24, 2.45) is 0 Å². The molecule has 1 aliphatic heterocycles. The number of nitrogens with one attached hydrogen (secondary N) is 1. The number of benzene rings is 2. The van der Waals surface area contributed by atoms with Crippen molar-refractivity contribution >= 4 is 15.9 Å². The van der Waals surface area contributed by atoms with Crippen molar-refractivity contribution in [3.05, 3.63) is 83.2 Å². The standard InChI is InChI=1S/C25H29N3O3S/c1-18-8-7-9-22(16-18)28-19(2)17-24(20(28)3)25(29)27-14-12-21(13-15-27)26-32(30,31)23-10-5-4-6-11-23/h4-11,16-17,21,26H,12-15H2,1-3H3. The molecule has 4 rings (SSSR count). The van der Waals surface area contributed by atoms with Crippen LogP contribution in [0.15, 0.2) is 65.6 Å². The van der Waals surface area contributed by atoms with Crippen LogP contribution in [0.5, 0.6) is 0 Å². The summed E-state index contributed by atoms with van der Waals surface area (Å²) in [6.07, 6.45) is 1.18. The van der Waals surface area contributed by atoms with E-state index in [9.17, 15) is 13.2 Å². The third-order valence-electron chi connectivity index (χ3n) is 6.08. The fourth-order valence-electron chi connectivity index (χ4n) is 4.40. The van der Waals surface area contributed by atoms with E-state index in [2.05, 4.69) is 28.3 Å². The van der Waals surface area contributed by atoms with Gasteiger partial charge in [0.2, 0.25) is 10.0 Å². The van der Waals surface area contributed by atoms with Gasteiger partial charge in [0.25, 0.3) is 5.91 Å². The smallest absolute Gasteiger partial charge is 0.255 e. The van der Waals surface area contributed by atoms with Gasteiger partial charge in [-0.25, -0.2) is 13.1 Å². The number of aryl methyl sites for hydroxylation is 2. The predicted octanol–water partition coefficient (Wildman–Crippen LogP) is 3.99. The Balaban J connectivity index is 1.45.